The van der Waals surface area contributed by atoms with Crippen molar-refractivity contribution in [1.29, 1.82) is 0 Å². The summed E-state index contributed by atoms with van der Waals surface area (Å²) in [6.07, 6.45) is -2.93. The molecular weight excluding hydrogens is 309 g/mol. The van der Waals surface area contributed by atoms with Crippen molar-refractivity contribution in [3.05, 3.63) is 58.6 Å². The fourth-order valence-electron chi connectivity index (χ4n) is 2.21. The molecule has 0 amide bonds. The van der Waals surface area contributed by atoms with Crippen molar-refractivity contribution in [1.82, 2.24) is 4.98 Å². The first-order valence-electron chi connectivity index (χ1n) is 6.73. The SMILES string of the molecule is Nc1ccc2nc(CCc3ccc(C(F)(F)F)cc3)sc2c1. The molecule has 0 aliphatic carbocycles. The molecule has 0 saturated carbocycles. The smallest absolute Gasteiger partial charge is 0.399 e. The molecule has 0 spiro atoms. The first kappa shape index (κ1) is 14.8. The Hall–Kier alpha value is -2.08. The van der Waals surface area contributed by atoms with Crippen LogP contribution in [0.2, 0.25) is 0 Å². The summed E-state index contributed by atoms with van der Waals surface area (Å²) in [7, 11) is 0. The molecule has 0 aliphatic rings. The maximum absolute atomic E-state index is 12.5. The van der Waals surface area contributed by atoms with E-state index in [4.69, 9.17) is 5.73 Å². The topological polar surface area (TPSA) is 38.9 Å². The Bertz CT molecular complexity index is 791. The third-order valence-electron chi connectivity index (χ3n) is 3.37. The van der Waals surface area contributed by atoms with Crippen molar-refractivity contribution in [3.63, 3.8) is 0 Å². The fourth-order valence-corrected chi connectivity index (χ4v) is 3.22. The highest BCUT2D eigenvalue weighted by Gasteiger charge is 2.29. The van der Waals surface area contributed by atoms with Crippen LogP contribution in [0.5, 0.6) is 0 Å². The number of nitrogens with two attached hydrogens (primary N) is 1. The van der Waals surface area contributed by atoms with Crippen LogP contribution in [0.15, 0.2) is 42.5 Å². The second-order valence-electron chi connectivity index (χ2n) is 5.03. The van der Waals surface area contributed by atoms with E-state index in [1.165, 1.54) is 12.1 Å². The van der Waals surface area contributed by atoms with Gasteiger partial charge in [0.1, 0.15) is 0 Å². The van der Waals surface area contributed by atoms with Crippen molar-refractivity contribution in [3.8, 4) is 0 Å². The molecule has 0 saturated heterocycles. The van der Waals surface area contributed by atoms with Gasteiger partial charge in [0, 0.05) is 12.1 Å². The van der Waals surface area contributed by atoms with Gasteiger partial charge >= 0.3 is 6.18 Å². The molecular formula is C16H13F3N2S. The normalized spacial score (nSPS) is 12.0. The lowest BCUT2D eigenvalue weighted by Gasteiger charge is -2.07. The second kappa shape index (κ2) is 5.61. The van der Waals surface area contributed by atoms with E-state index in [1.54, 1.807) is 11.3 Å². The summed E-state index contributed by atoms with van der Waals surface area (Å²) in [6, 6.07) is 10.9. The molecule has 2 nitrogen and oxygen atoms in total. The first-order valence-corrected chi connectivity index (χ1v) is 7.54. The maximum Gasteiger partial charge on any atom is 0.416 e. The number of hydrogen-bond donors (Lipinski definition) is 1. The van der Waals surface area contributed by atoms with Crippen LogP contribution in [-0.4, -0.2) is 4.98 Å². The Morgan fingerprint density at radius 2 is 1.73 bits per heavy atom. The van der Waals surface area contributed by atoms with Gasteiger partial charge in [-0.1, -0.05) is 12.1 Å². The summed E-state index contributed by atoms with van der Waals surface area (Å²) in [5.74, 6) is 0. The molecule has 0 atom stereocenters. The summed E-state index contributed by atoms with van der Waals surface area (Å²) in [4.78, 5) is 4.51. The van der Waals surface area contributed by atoms with E-state index in [9.17, 15) is 13.2 Å². The Labute approximate surface area is 129 Å². The standard InChI is InChI=1S/C16H13F3N2S/c17-16(18,19)11-4-1-10(2-5-11)3-8-15-21-13-7-6-12(20)9-14(13)22-15/h1-2,4-7,9H,3,8,20H2. The number of rotatable bonds is 3. The van der Waals surface area contributed by atoms with Crippen LogP contribution >= 0.6 is 11.3 Å². The van der Waals surface area contributed by atoms with E-state index in [-0.39, 0.29) is 0 Å². The zero-order valence-electron chi connectivity index (χ0n) is 11.5. The van der Waals surface area contributed by atoms with E-state index < -0.39 is 11.7 Å². The van der Waals surface area contributed by atoms with Gasteiger partial charge in [0.05, 0.1) is 20.8 Å². The average Bonchev–Trinajstić information content (AvgIpc) is 2.86. The molecule has 22 heavy (non-hydrogen) atoms. The lowest BCUT2D eigenvalue weighted by atomic mass is 10.1. The largest absolute Gasteiger partial charge is 0.416 e. The van der Waals surface area contributed by atoms with E-state index >= 15 is 0 Å². The lowest BCUT2D eigenvalue weighted by molar-refractivity contribution is -0.137. The van der Waals surface area contributed by atoms with Crippen LogP contribution in [-0.2, 0) is 19.0 Å². The Morgan fingerprint density at radius 3 is 2.41 bits per heavy atom. The van der Waals surface area contributed by atoms with Gasteiger partial charge in [-0.25, -0.2) is 4.98 Å². The van der Waals surface area contributed by atoms with E-state index in [0.29, 0.717) is 18.5 Å². The van der Waals surface area contributed by atoms with Crippen LogP contribution in [0.3, 0.4) is 0 Å². The van der Waals surface area contributed by atoms with Gasteiger partial charge < -0.3 is 5.73 Å². The Morgan fingerprint density at radius 1 is 1.00 bits per heavy atom. The molecule has 114 valence electrons. The second-order valence-corrected chi connectivity index (χ2v) is 6.14. The number of halogens is 3. The van der Waals surface area contributed by atoms with Gasteiger partial charge in [0.25, 0.3) is 0 Å². The van der Waals surface area contributed by atoms with Gasteiger partial charge in [-0.3, -0.25) is 0 Å². The molecule has 0 unspecified atom stereocenters. The minimum atomic E-state index is -4.29. The number of aryl methyl sites for hydroxylation is 2. The van der Waals surface area contributed by atoms with E-state index in [0.717, 1.165) is 32.9 Å². The number of nitrogen functional groups attached to an aromatic ring is 1. The molecule has 0 bridgehead atoms. The summed E-state index contributed by atoms with van der Waals surface area (Å²) >= 11 is 1.57. The number of alkyl halides is 3. The third-order valence-corrected chi connectivity index (χ3v) is 4.44. The number of nitrogens with zero attached hydrogens (tertiary/aromatic N) is 1. The minimum absolute atomic E-state index is 0.619. The van der Waals surface area contributed by atoms with Gasteiger partial charge in [0.2, 0.25) is 0 Å². The monoisotopic (exact) mass is 322 g/mol. The Kier molecular flexibility index (Phi) is 3.78. The number of benzene rings is 2. The van der Waals surface area contributed by atoms with Crippen molar-refractivity contribution >= 4 is 27.2 Å². The molecule has 1 heterocycles. The molecule has 0 aliphatic heterocycles. The van der Waals surface area contributed by atoms with Gasteiger partial charge in [-0.15, -0.1) is 11.3 Å². The number of hydrogen-bond acceptors (Lipinski definition) is 3. The highest BCUT2D eigenvalue weighted by molar-refractivity contribution is 7.18. The van der Waals surface area contributed by atoms with Crippen LogP contribution < -0.4 is 5.73 Å². The molecule has 3 aromatic rings. The summed E-state index contributed by atoms with van der Waals surface area (Å²) < 4.78 is 38.5. The first-order chi connectivity index (χ1) is 10.4. The molecule has 2 aromatic carbocycles. The number of aromatic nitrogens is 1. The molecule has 1 aromatic heterocycles. The maximum atomic E-state index is 12.5. The van der Waals surface area contributed by atoms with E-state index in [1.807, 2.05) is 18.2 Å². The van der Waals surface area contributed by atoms with Crippen molar-refractivity contribution in [2.75, 3.05) is 5.73 Å². The number of anilines is 1. The van der Waals surface area contributed by atoms with Crippen LogP contribution in [0, 0.1) is 0 Å². The van der Waals surface area contributed by atoms with Crippen LogP contribution in [0.25, 0.3) is 10.2 Å². The molecule has 2 N–H and O–H groups in total. The van der Waals surface area contributed by atoms with Gasteiger partial charge in [-0.05, 0) is 42.3 Å². The minimum Gasteiger partial charge on any atom is -0.399 e. The molecule has 0 fully saturated rings. The number of fused-ring (bicyclic) bond motifs is 1. The highest BCUT2D eigenvalue weighted by Crippen LogP contribution is 2.29. The summed E-state index contributed by atoms with van der Waals surface area (Å²) in [5.41, 5.74) is 7.59. The van der Waals surface area contributed by atoms with Gasteiger partial charge in [-0.2, -0.15) is 13.2 Å². The predicted molar refractivity (Wildman–Crippen MR) is 82.9 cm³/mol. The predicted octanol–water partition coefficient (Wildman–Crippen LogP) is 4.68. The van der Waals surface area contributed by atoms with Crippen molar-refractivity contribution < 1.29 is 13.2 Å². The molecule has 6 heteroatoms. The molecule has 3 rings (SSSR count). The molecule has 0 radical (unpaired) electrons. The summed E-state index contributed by atoms with van der Waals surface area (Å²) in [6.45, 7) is 0. The Balaban J connectivity index is 1.71. The zero-order valence-corrected chi connectivity index (χ0v) is 12.3. The lowest BCUT2D eigenvalue weighted by Crippen LogP contribution is -2.04. The van der Waals surface area contributed by atoms with Gasteiger partial charge in [0.15, 0.2) is 0 Å². The van der Waals surface area contributed by atoms with Crippen LogP contribution in [0.1, 0.15) is 16.1 Å². The third kappa shape index (κ3) is 3.22. The highest BCUT2D eigenvalue weighted by atomic mass is 32.1. The van der Waals surface area contributed by atoms with E-state index in [2.05, 4.69) is 4.98 Å². The zero-order chi connectivity index (χ0) is 15.7. The van der Waals surface area contributed by atoms with Crippen molar-refractivity contribution in [2.45, 2.75) is 19.0 Å². The fraction of sp³-hybridized carbons (Fsp3) is 0.188. The van der Waals surface area contributed by atoms with Crippen molar-refractivity contribution in [2.24, 2.45) is 0 Å². The quantitative estimate of drug-likeness (QED) is 0.711. The summed E-state index contributed by atoms with van der Waals surface area (Å²) in [5, 5.41) is 0.959. The van der Waals surface area contributed by atoms with Crippen LogP contribution in [0.4, 0.5) is 18.9 Å². The number of thiazole rings is 1. The average molecular weight is 322 g/mol.